The predicted molar refractivity (Wildman–Crippen MR) is 37.3 cm³/mol. The first-order chi connectivity index (χ1) is 5.52. The van der Waals surface area contributed by atoms with Gasteiger partial charge in [0.15, 0.2) is 0 Å². The largest absolute Gasteiger partial charge is 0.481 e. The van der Waals surface area contributed by atoms with Gasteiger partial charge in [-0.05, 0) is 5.43 Å². The Balaban J connectivity index is 3.69. The molecule has 0 spiro atoms. The minimum atomic E-state index is -1.02. The number of hydrogen-bond donors (Lipinski definition) is 4. The molecule has 5 N–H and O–H groups in total. The van der Waals surface area contributed by atoms with Crippen molar-refractivity contribution in [3.05, 3.63) is 4.91 Å². The van der Waals surface area contributed by atoms with E-state index >= 15 is 0 Å². The third kappa shape index (κ3) is 6.26. The highest BCUT2D eigenvalue weighted by Gasteiger charge is 2.04. The number of nitrogens with two attached hydrogens (primary N) is 1. The summed E-state index contributed by atoms with van der Waals surface area (Å²) in [5.41, 5.74) is 6.69. The van der Waals surface area contributed by atoms with E-state index in [0.717, 1.165) is 0 Å². The molecule has 0 saturated heterocycles. The molecule has 0 radical (unpaired) electrons. The molecular weight excluding hydrogens is 168 g/mol. The number of aliphatic imine (C=N–C) groups is 1. The lowest BCUT2D eigenvalue weighted by molar-refractivity contribution is -0.822. The van der Waals surface area contributed by atoms with Crippen molar-refractivity contribution in [3.8, 4) is 0 Å². The number of carboxylic acid groups (broad SMARTS) is 1. The molecule has 0 unspecified atom stereocenters. The van der Waals surface area contributed by atoms with E-state index in [1.807, 2.05) is 0 Å². The molecule has 0 amide bonds. The van der Waals surface area contributed by atoms with E-state index in [1.165, 1.54) is 0 Å². The Morgan fingerprint density at radius 1 is 1.67 bits per heavy atom. The zero-order chi connectivity index (χ0) is 9.56. The van der Waals surface area contributed by atoms with E-state index < -0.39 is 11.0 Å². The summed E-state index contributed by atoms with van der Waals surface area (Å²) in [6, 6.07) is 0. The summed E-state index contributed by atoms with van der Waals surface area (Å²) in [5, 5.41) is 15.6. The van der Waals surface area contributed by atoms with Gasteiger partial charge in [-0.15, -0.1) is 0 Å². The predicted octanol–water partition coefficient (Wildman–Crippen LogP) is -1.55. The van der Waals surface area contributed by atoms with Gasteiger partial charge in [-0.1, -0.05) is 0 Å². The van der Waals surface area contributed by atoms with Gasteiger partial charge in [0, 0.05) is 0 Å². The number of aliphatic carboxylic acids is 1. The molecule has 0 aliphatic heterocycles. The smallest absolute Gasteiger partial charge is 0.362 e. The number of nitrogens with one attached hydrogen (secondary N) is 1. The van der Waals surface area contributed by atoms with Crippen LogP contribution in [0.3, 0.4) is 0 Å². The highest BCUT2D eigenvalue weighted by atomic mass is 16.7. The molecule has 0 aromatic heterocycles. The van der Waals surface area contributed by atoms with Crippen molar-refractivity contribution >= 4 is 11.9 Å². The molecule has 12 heavy (non-hydrogen) atoms. The first kappa shape index (κ1) is 10.1. The molecule has 0 aliphatic carbocycles. The average molecular weight is 177 g/mol. The van der Waals surface area contributed by atoms with Crippen LogP contribution in [0.1, 0.15) is 6.42 Å². The maximum absolute atomic E-state index is 9.95. The van der Waals surface area contributed by atoms with E-state index in [0.29, 0.717) is 0 Å². The standard InChI is InChI=1S/C4H8N4O4/c5-4(7-8(11)12)6-2-1-3(9)10/h1-2H2,(H4-,5,6,7,9,10,11,12)/p+1. The highest BCUT2D eigenvalue weighted by Crippen LogP contribution is 1.79. The third-order valence-corrected chi connectivity index (χ3v) is 0.818. The van der Waals surface area contributed by atoms with Crippen molar-refractivity contribution < 1.29 is 20.1 Å². The lowest BCUT2D eigenvalue weighted by Crippen LogP contribution is -2.37. The fourth-order valence-electron chi connectivity index (χ4n) is 0.405. The fraction of sp³-hybridized carbons (Fsp3) is 0.500. The minimum Gasteiger partial charge on any atom is -0.481 e. The van der Waals surface area contributed by atoms with Gasteiger partial charge in [0.1, 0.15) is 4.91 Å². The topological polar surface area (TPSA) is 128 Å². The number of carboxylic acids is 1. The average Bonchev–Trinajstić information content (AvgIpc) is 1.84. The van der Waals surface area contributed by atoms with Crippen molar-refractivity contribution in [3.63, 3.8) is 0 Å². The van der Waals surface area contributed by atoms with Crippen LogP contribution in [-0.2, 0) is 4.79 Å². The van der Waals surface area contributed by atoms with Crippen molar-refractivity contribution in [1.82, 2.24) is 5.43 Å². The van der Waals surface area contributed by atoms with Gasteiger partial charge < -0.3 is 10.8 Å². The number of carbonyl (C=O) groups is 1. The number of nitrogens with zero attached hydrogens (tertiary/aromatic N) is 2. The first-order valence-electron chi connectivity index (χ1n) is 2.97. The van der Waals surface area contributed by atoms with Gasteiger partial charge in [-0.2, -0.15) is 0 Å². The number of rotatable bonds is 4. The van der Waals surface area contributed by atoms with E-state index in [1.54, 1.807) is 5.43 Å². The van der Waals surface area contributed by atoms with E-state index in [-0.39, 0.29) is 18.9 Å². The Hall–Kier alpha value is -1.86. The van der Waals surface area contributed by atoms with E-state index in [9.17, 15) is 9.70 Å². The van der Waals surface area contributed by atoms with Gasteiger partial charge in [-0.25, -0.2) is 10.2 Å². The molecule has 0 aromatic carbocycles. The van der Waals surface area contributed by atoms with Crippen LogP contribution < -0.4 is 11.2 Å². The maximum atomic E-state index is 9.95. The SMILES string of the molecule is NC(=NCCC(=O)O)N[N+](=O)O. The van der Waals surface area contributed by atoms with Gasteiger partial charge in [0.05, 0.1) is 13.0 Å². The molecule has 8 heteroatoms. The second-order valence-corrected chi connectivity index (χ2v) is 1.80. The summed E-state index contributed by atoms with van der Waals surface area (Å²) in [7, 11) is 0. The molecule has 0 aliphatic rings. The van der Waals surface area contributed by atoms with Gasteiger partial charge >= 0.3 is 11.0 Å². The highest BCUT2D eigenvalue weighted by molar-refractivity contribution is 5.76. The molecule has 0 aromatic rings. The normalized spacial score (nSPS) is 10.8. The maximum Gasteiger partial charge on any atom is 0.362 e. The van der Waals surface area contributed by atoms with Crippen molar-refractivity contribution in [1.29, 1.82) is 0 Å². The van der Waals surface area contributed by atoms with Crippen LogP contribution in [0.4, 0.5) is 0 Å². The van der Waals surface area contributed by atoms with Crippen LogP contribution in [-0.4, -0.2) is 33.8 Å². The summed E-state index contributed by atoms with van der Waals surface area (Å²) >= 11 is 0. The quantitative estimate of drug-likeness (QED) is 0.234. The molecule has 0 heterocycles. The fourth-order valence-corrected chi connectivity index (χ4v) is 0.405. The number of guanidine groups is 1. The number of hydrogen-bond acceptors (Lipinski definition) is 3. The molecule has 0 saturated carbocycles. The zero-order valence-corrected chi connectivity index (χ0v) is 6.10. The van der Waals surface area contributed by atoms with Crippen LogP contribution in [0, 0.1) is 4.91 Å². The summed E-state index contributed by atoms with van der Waals surface area (Å²) in [6.45, 7) is -0.0536. The van der Waals surface area contributed by atoms with Crippen LogP contribution >= 0.6 is 0 Å². The van der Waals surface area contributed by atoms with Crippen molar-refractivity contribution in [2.45, 2.75) is 6.42 Å². The van der Waals surface area contributed by atoms with Crippen LogP contribution in [0.5, 0.6) is 0 Å². The monoisotopic (exact) mass is 177 g/mol. The van der Waals surface area contributed by atoms with Gasteiger partial charge in [0.25, 0.3) is 5.96 Å². The first-order valence-corrected chi connectivity index (χ1v) is 2.97. The molecule has 0 fully saturated rings. The minimum absolute atomic E-state index is 0.0536. The molecule has 0 bridgehead atoms. The lowest BCUT2D eigenvalue weighted by atomic mass is 10.4. The molecule has 8 nitrogen and oxygen atoms in total. The summed E-state index contributed by atoms with van der Waals surface area (Å²) in [6.07, 6.45) is -0.188. The van der Waals surface area contributed by atoms with Crippen molar-refractivity contribution in [2.75, 3.05) is 6.54 Å². The zero-order valence-electron chi connectivity index (χ0n) is 6.10. The molecule has 0 rings (SSSR count). The van der Waals surface area contributed by atoms with Crippen LogP contribution in [0.2, 0.25) is 0 Å². The third-order valence-electron chi connectivity index (χ3n) is 0.818. The molecule has 0 atom stereocenters. The Labute approximate surface area is 67.2 Å². The molecule has 68 valence electrons. The summed E-state index contributed by atoms with van der Waals surface area (Å²) < 4.78 is 0. The summed E-state index contributed by atoms with van der Waals surface area (Å²) in [4.78, 5) is 23.2. The lowest BCUT2D eigenvalue weighted by Gasteiger charge is -1.91. The van der Waals surface area contributed by atoms with E-state index in [4.69, 9.17) is 16.0 Å². The van der Waals surface area contributed by atoms with Gasteiger partial charge in [-0.3, -0.25) is 4.79 Å². The van der Waals surface area contributed by atoms with E-state index in [2.05, 4.69) is 4.99 Å². The van der Waals surface area contributed by atoms with Crippen molar-refractivity contribution in [2.24, 2.45) is 10.7 Å². The second kappa shape index (κ2) is 4.88. The Bertz CT molecular complexity index is 213. The second-order valence-electron chi connectivity index (χ2n) is 1.80. The molecular formula is C4H9N4O4+. The Morgan fingerprint density at radius 3 is 2.67 bits per heavy atom. The Morgan fingerprint density at radius 2 is 2.25 bits per heavy atom. The van der Waals surface area contributed by atoms with Crippen LogP contribution in [0.15, 0.2) is 4.99 Å². The van der Waals surface area contributed by atoms with Crippen LogP contribution in [0.25, 0.3) is 0 Å². The summed E-state index contributed by atoms with van der Waals surface area (Å²) in [5.74, 6) is -1.36. The van der Waals surface area contributed by atoms with Gasteiger partial charge in [0.2, 0.25) is 0 Å². The number of hydrazine groups is 1. The Kier molecular flexibility index (Phi) is 4.12.